The van der Waals surface area contributed by atoms with E-state index < -0.39 is 11.9 Å². The normalized spacial score (nSPS) is 20.8. The number of ether oxygens (including phenoxy) is 2. The fourth-order valence-electron chi connectivity index (χ4n) is 5.65. The van der Waals surface area contributed by atoms with E-state index in [1.54, 1.807) is 12.1 Å². The lowest BCUT2D eigenvalue weighted by atomic mass is 10.0. The van der Waals surface area contributed by atoms with Crippen LogP contribution >= 0.6 is 0 Å². The van der Waals surface area contributed by atoms with Crippen LogP contribution in [-0.4, -0.2) is 65.3 Å². The van der Waals surface area contributed by atoms with Crippen molar-refractivity contribution in [1.82, 2.24) is 15.1 Å². The number of fused-ring (bicyclic) bond motifs is 1. The van der Waals surface area contributed by atoms with Crippen LogP contribution in [0.3, 0.4) is 0 Å². The first-order valence-electron chi connectivity index (χ1n) is 14.3. The molecule has 3 aliphatic heterocycles. The second kappa shape index (κ2) is 12.5. The van der Waals surface area contributed by atoms with Crippen LogP contribution in [-0.2, 0) is 27.3 Å². The fourth-order valence-corrected chi connectivity index (χ4v) is 5.65. The molecule has 0 spiro atoms. The minimum absolute atomic E-state index is 0.0206. The summed E-state index contributed by atoms with van der Waals surface area (Å²) < 4.78 is 11.9. The van der Waals surface area contributed by atoms with Gasteiger partial charge in [-0.15, -0.1) is 0 Å². The lowest BCUT2D eigenvalue weighted by Gasteiger charge is -2.35. The zero-order chi connectivity index (χ0) is 28.1. The highest BCUT2D eigenvalue weighted by Gasteiger charge is 2.39. The molecule has 212 valence electrons. The third-order valence-corrected chi connectivity index (χ3v) is 7.93. The molecular weight excluding hydrogens is 510 g/mol. The van der Waals surface area contributed by atoms with Gasteiger partial charge in [0.2, 0.25) is 17.7 Å². The van der Waals surface area contributed by atoms with Crippen molar-refractivity contribution in [3.63, 3.8) is 0 Å². The molecule has 0 bridgehead atoms. The number of imide groups is 1. The summed E-state index contributed by atoms with van der Waals surface area (Å²) in [4.78, 5) is 53.5. The first-order valence-corrected chi connectivity index (χ1v) is 14.3. The summed E-state index contributed by atoms with van der Waals surface area (Å²) in [6.45, 7) is 4.21. The number of unbranched alkanes of at least 4 members (excludes halogenated alkanes) is 1. The summed E-state index contributed by atoms with van der Waals surface area (Å²) in [6.07, 6.45) is 5.89. The highest BCUT2D eigenvalue weighted by molar-refractivity contribution is 6.05. The lowest BCUT2D eigenvalue weighted by Crippen LogP contribution is -2.52. The number of benzene rings is 2. The molecule has 40 heavy (non-hydrogen) atoms. The van der Waals surface area contributed by atoms with Crippen LogP contribution in [0.25, 0.3) is 0 Å². The molecular formula is C31H37N3O6. The average molecular weight is 548 g/mol. The van der Waals surface area contributed by atoms with E-state index >= 15 is 0 Å². The molecule has 0 aromatic heterocycles. The maximum atomic E-state index is 13.3. The lowest BCUT2D eigenvalue weighted by molar-refractivity contribution is -0.137. The van der Waals surface area contributed by atoms with E-state index in [0.29, 0.717) is 50.5 Å². The molecule has 0 aliphatic carbocycles. The van der Waals surface area contributed by atoms with Gasteiger partial charge in [-0.25, -0.2) is 0 Å². The second-order valence-electron chi connectivity index (χ2n) is 10.8. The summed E-state index contributed by atoms with van der Waals surface area (Å²) in [5.74, 6) is 0.611. The monoisotopic (exact) mass is 547 g/mol. The minimum Gasteiger partial charge on any atom is -0.494 e. The Kier molecular flexibility index (Phi) is 8.67. The van der Waals surface area contributed by atoms with Crippen molar-refractivity contribution < 1.29 is 28.7 Å². The Morgan fingerprint density at radius 2 is 1.80 bits per heavy atom. The summed E-state index contributed by atoms with van der Waals surface area (Å²) in [5, 5.41) is 2.33. The van der Waals surface area contributed by atoms with Gasteiger partial charge in [0.25, 0.3) is 5.91 Å². The van der Waals surface area contributed by atoms with Crippen LogP contribution in [0.1, 0.15) is 73.4 Å². The standard InChI is InChI=1S/C31H37N3O6/c1-2-3-16-39-24-9-7-21(8-10-24)17-29(36)33-15-5-4-6-23(33)20-40-25-11-12-26-22(18-25)19-34(31(26)38)27-13-14-28(35)32-30(27)37/h7-12,18,23,27H,2-6,13-17,19-20H2,1H3,(H,32,35,37)/t23-,27?/m1/s1. The van der Waals surface area contributed by atoms with Crippen molar-refractivity contribution in [2.75, 3.05) is 19.8 Å². The maximum absolute atomic E-state index is 13.3. The third kappa shape index (κ3) is 6.29. The molecule has 4 amide bonds. The zero-order valence-corrected chi connectivity index (χ0v) is 23.0. The van der Waals surface area contributed by atoms with Crippen molar-refractivity contribution in [1.29, 1.82) is 0 Å². The first kappa shape index (κ1) is 27.7. The Morgan fingerprint density at radius 3 is 2.58 bits per heavy atom. The minimum atomic E-state index is -0.645. The molecule has 3 aliphatic rings. The Morgan fingerprint density at radius 1 is 1.00 bits per heavy atom. The van der Waals surface area contributed by atoms with E-state index in [1.165, 1.54) is 4.90 Å². The van der Waals surface area contributed by atoms with Crippen LogP contribution in [0.15, 0.2) is 42.5 Å². The Labute approximate surface area is 234 Å². The molecule has 2 aromatic rings. The van der Waals surface area contributed by atoms with Crippen molar-refractivity contribution in [3.05, 3.63) is 59.2 Å². The average Bonchev–Trinajstić information content (AvgIpc) is 3.28. The van der Waals surface area contributed by atoms with Crippen molar-refractivity contribution in [3.8, 4) is 11.5 Å². The van der Waals surface area contributed by atoms with Gasteiger partial charge in [-0.1, -0.05) is 25.5 Å². The molecule has 2 saturated heterocycles. The van der Waals surface area contributed by atoms with Gasteiger partial charge < -0.3 is 19.3 Å². The van der Waals surface area contributed by atoms with Gasteiger partial charge in [0, 0.05) is 25.1 Å². The van der Waals surface area contributed by atoms with Gasteiger partial charge in [0.05, 0.1) is 19.1 Å². The predicted octanol–water partition coefficient (Wildman–Crippen LogP) is 3.63. The molecule has 0 radical (unpaired) electrons. The van der Waals surface area contributed by atoms with Crippen molar-refractivity contribution >= 4 is 23.6 Å². The van der Waals surface area contributed by atoms with Crippen LogP contribution < -0.4 is 14.8 Å². The van der Waals surface area contributed by atoms with Gasteiger partial charge in [-0.3, -0.25) is 24.5 Å². The molecule has 9 nitrogen and oxygen atoms in total. The van der Waals surface area contributed by atoms with Gasteiger partial charge in [-0.2, -0.15) is 0 Å². The van der Waals surface area contributed by atoms with Crippen LogP contribution in [0.4, 0.5) is 0 Å². The van der Waals surface area contributed by atoms with E-state index in [0.717, 1.165) is 49.0 Å². The highest BCUT2D eigenvalue weighted by atomic mass is 16.5. The largest absolute Gasteiger partial charge is 0.494 e. The summed E-state index contributed by atoms with van der Waals surface area (Å²) >= 11 is 0. The van der Waals surface area contributed by atoms with Gasteiger partial charge >= 0.3 is 0 Å². The third-order valence-electron chi connectivity index (χ3n) is 7.93. The number of amides is 4. The molecule has 2 fully saturated rings. The smallest absolute Gasteiger partial charge is 0.255 e. The molecule has 9 heteroatoms. The highest BCUT2D eigenvalue weighted by Crippen LogP contribution is 2.30. The summed E-state index contributed by atoms with van der Waals surface area (Å²) in [6, 6.07) is 12.4. The van der Waals surface area contributed by atoms with E-state index in [-0.39, 0.29) is 30.2 Å². The number of nitrogens with zero attached hydrogens (tertiary/aromatic N) is 2. The molecule has 2 atom stereocenters. The number of piperidine rings is 2. The number of carbonyl (C=O) groups excluding carboxylic acids is 4. The van der Waals surface area contributed by atoms with Crippen molar-refractivity contribution in [2.24, 2.45) is 0 Å². The number of hydrogen-bond donors (Lipinski definition) is 1. The topological polar surface area (TPSA) is 105 Å². The van der Waals surface area contributed by atoms with Crippen molar-refractivity contribution in [2.45, 2.75) is 76.9 Å². The number of nitrogens with one attached hydrogen (secondary N) is 1. The van der Waals surface area contributed by atoms with Gasteiger partial charge in [-0.05, 0) is 73.6 Å². The molecule has 1 N–H and O–H groups in total. The first-order chi connectivity index (χ1) is 19.4. The molecule has 2 aromatic carbocycles. The van der Waals surface area contributed by atoms with Crippen LogP contribution in [0.2, 0.25) is 0 Å². The number of likely N-dealkylation sites (tertiary alicyclic amines) is 1. The van der Waals surface area contributed by atoms with Crippen LogP contribution in [0.5, 0.6) is 11.5 Å². The summed E-state index contributed by atoms with van der Waals surface area (Å²) in [7, 11) is 0. The SMILES string of the molecule is CCCCOc1ccc(CC(=O)N2CCCC[C@@H]2COc2ccc3c(c2)CN(C2CCC(=O)NC2=O)C3=O)cc1. The second-order valence-corrected chi connectivity index (χ2v) is 10.8. The van der Waals surface area contributed by atoms with E-state index in [2.05, 4.69) is 12.2 Å². The maximum Gasteiger partial charge on any atom is 0.255 e. The molecule has 3 heterocycles. The summed E-state index contributed by atoms with van der Waals surface area (Å²) in [5.41, 5.74) is 2.31. The number of carbonyl (C=O) groups is 4. The zero-order valence-electron chi connectivity index (χ0n) is 23.0. The van der Waals surface area contributed by atoms with Gasteiger partial charge in [0.1, 0.15) is 24.1 Å². The Hall–Kier alpha value is -3.88. The quantitative estimate of drug-likeness (QED) is 0.360. The van der Waals surface area contributed by atoms with E-state index in [1.807, 2.05) is 35.2 Å². The number of rotatable bonds is 10. The predicted molar refractivity (Wildman–Crippen MR) is 148 cm³/mol. The van der Waals surface area contributed by atoms with E-state index in [9.17, 15) is 19.2 Å². The Balaban J connectivity index is 1.17. The van der Waals surface area contributed by atoms with Crippen LogP contribution in [0, 0.1) is 0 Å². The van der Waals surface area contributed by atoms with Gasteiger partial charge in [0.15, 0.2) is 0 Å². The molecule has 0 saturated carbocycles. The number of hydrogen-bond acceptors (Lipinski definition) is 6. The molecule has 5 rings (SSSR count). The fraction of sp³-hybridized carbons (Fsp3) is 0.484. The van der Waals surface area contributed by atoms with E-state index in [4.69, 9.17) is 9.47 Å². The molecule has 1 unspecified atom stereocenters. The Bertz CT molecular complexity index is 1260.